The van der Waals surface area contributed by atoms with E-state index in [9.17, 15) is 4.79 Å². The summed E-state index contributed by atoms with van der Waals surface area (Å²) < 4.78 is 11.5. The monoisotopic (exact) mass is 250 g/mol. The van der Waals surface area contributed by atoms with Gasteiger partial charge in [0.2, 0.25) is 0 Å². The van der Waals surface area contributed by atoms with Gasteiger partial charge in [-0.1, -0.05) is 13.8 Å². The fourth-order valence-electron chi connectivity index (χ4n) is 2.02. The number of carbonyl (C=O) groups is 1. The van der Waals surface area contributed by atoms with Crippen LogP contribution in [0.3, 0.4) is 0 Å². The SMILES string of the molecule is CCC1(CC)OC(CCl)CC(CC(=O)O)O1. The van der Waals surface area contributed by atoms with E-state index in [1.807, 2.05) is 13.8 Å². The fourth-order valence-corrected chi connectivity index (χ4v) is 2.21. The average Bonchev–Trinajstić information content (AvgIpc) is 2.27. The molecule has 0 bridgehead atoms. The molecule has 1 aliphatic rings. The van der Waals surface area contributed by atoms with Crippen LogP contribution in [0.15, 0.2) is 0 Å². The zero-order valence-corrected chi connectivity index (χ0v) is 10.5. The summed E-state index contributed by atoms with van der Waals surface area (Å²) in [6, 6.07) is 0. The molecule has 4 nitrogen and oxygen atoms in total. The van der Waals surface area contributed by atoms with E-state index in [0.29, 0.717) is 25.1 Å². The molecule has 0 amide bonds. The molecule has 0 radical (unpaired) electrons. The van der Waals surface area contributed by atoms with Crippen molar-refractivity contribution in [3.8, 4) is 0 Å². The van der Waals surface area contributed by atoms with Crippen molar-refractivity contribution in [2.24, 2.45) is 0 Å². The van der Waals surface area contributed by atoms with Crippen molar-refractivity contribution >= 4 is 17.6 Å². The van der Waals surface area contributed by atoms with Gasteiger partial charge >= 0.3 is 5.97 Å². The quantitative estimate of drug-likeness (QED) is 0.762. The van der Waals surface area contributed by atoms with Crippen LogP contribution in [-0.4, -0.2) is 35.0 Å². The first kappa shape index (κ1) is 13.7. The summed E-state index contributed by atoms with van der Waals surface area (Å²) in [5.74, 6) is -1.12. The van der Waals surface area contributed by atoms with Crippen molar-refractivity contribution in [1.82, 2.24) is 0 Å². The van der Waals surface area contributed by atoms with Gasteiger partial charge in [0, 0.05) is 12.3 Å². The third-order valence-corrected chi connectivity index (χ3v) is 3.28. The number of rotatable bonds is 5. The van der Waals surface area contributed by atoms with E-state index >= 15 is 0 Å². The summed E-state index contributed by atoms with van der Waals surface area (Å²) >= 11 is 5.80. The summed E-state index contributed by atoms with van der Waals surface area (Å²) in [6.07, 6.45) is 1.56. The lowest BCUT2D eigenvalue weighted by atomic mass is 10.0. The van der Waals surface area contributed by atoms with Crippen LogP contribution in [-0.2, 0) is 14.3 Å². The second-order valence-corrected chi connectivity index (χ2v) is 4.39. The van der Waals surface area contributed by atoms with E-state index < -0.39 is 11.8 Å². The molecule has 0 aliphatic carbocycles. The predicted octanol–water partition coefficient (Wildman–Crippen LogP) is 2.39. The largest absolute Gasteiger partial charge is 0.481 e. The number of carboxylic acids is 1. The summed E-state index contributed by atoms with van der Waals surface area (Å²) in [5.41, 5.74) is 0. The van der Waals surface area contributed by atoms with E-state index in [0.717, 1.165) is 0 Å². The van der Waals surface area contributed by atoms with Crippen LogP contribution >= 0.6 is 11.6 Å². The molecule has 1 heterocycles. The highest BCUT2D eigenvalue weighted by atomic mass is 35.5. The molecule has 1 rings (SSSR count). The molecule has 0 spiro atoms. The maximum absolute atomic E-state index is 10.7. The second-order valence-electron chi connectivity index (χ2n) is 4.09. The normalized spacial score (nSPS) is 28.9. The van der Waals surface area contributed by atoms with E-state index in [4.69, 9.17) is 26.2 Å². The van der Waals surface area contributed by atoms with Crippen molar-refractivity contribution in [2.75, 3.05) is 5.88 Å². The minimum absolute atomic E-state index is 0.0124. The number of hydrogen-bond acceptors (Lipinski definition) is 3. The number of hydrogen-bond donors (Lipinski definition) is 1. The van der Waals surface area contributed by atoms with Crippen molar-refractivity contribution in [1.29, 1.82) is 0 Å². The Morgan fingerprint density at radius 1 is 1.38 bits per heavy atom. The molecule has 2 unspecified atom stereocenters. The Kier molecular flexibility index (Phi) is 5.02. The first-order valence-electron chi connectivity index (χ1n) is 5.68. The molecular weight excluding hydrogens is 232 g/mol. The highest BCUT2D eigenvalue weighted by Gasteiger charge is 2.40. The standard InChI is InChI=1S/C11H19ClO4/c1-3-11(4-2)15-8(6-10(13)14)5-9(7-12)16-11/h8-9H,3-7H2,1-2H3,(H,13,14). The Balaban J connectivity index is 2.71. The maximum atomic E-state index is 10.7. The maximum Gasteiger partial charge on any atom is 0.305 e. The molecule has 5 heteroatoms. The van der Waals surface area contributed by atoms with Crippen LogP contribution in [0.2, 0.25) is 0 Å². The molecular formula is C11H19ClO4. The Morgan fingerprint density at radius 2 is 1.94 bits per heavy atom. The van der Waals surface area contributed by atoms with Crippen LogP contribution in [0.4, 0.5) is 0 Å². The van der Waals surface area contributed by atoms with Gasteiger partial charge in [-0.15, -0.1) is 11.6 Å². The van der Waals surface area contributed by atoms with Crippen LogP contribution in [0.5, 0.6) is 0 Å². The van der Waals surface area contributed by atoms with Crippen molar-refractivity contribution in [3.05, 3.63) is 0 Å². The third kappa shape index (κ3) is 3.34. The Bertz CT molecular complexity index is 240. The van der Waals surface area contributed by atoms with E-state index in [1.54, 1.807) is 0 Å². The summed E-state index contributed by atoms with van der Waals surface area (Å²) in [7, 11) is 0. The highest BCUT2D eigenvalue weighted by molar-refractivity contribution is 6.18. The second kappa shape index (κ2) is 5.84. The van der Waals surface area contributed by atoms with Crippen LogP contribution in [0, 0.1) is 0 Å². The smallest absolute Gasteiger partial charge is 0.305 e. The first-order chi connectivity index (χ1) is 7.55. The van der Waals surface area contributed by atoms with Gasteiger partial charge in [-0.05, 0) is 12.8 Å². The lowest BCUT2D eigenvalue weighted by Crippen LogP contribution is -2.49. The van der Waals surface area contributed by atoms with Crippen LogP contribution in [0.1, 0.15) is 39.5 Å². The number of alkyl halides is 1. The molecule has 0 aromatic carbocycles. The number of halogens is 1. The first-order valence-corrected chi connectivity index (χ1v) is 6.22. The molecule has 1 fully saturated rings. The summed E-state index contributed by atoms with van der Waals surface area (Å²) in [4.78, 5) is 10.7. The molecule has 0 saturated carbocycles. The third-order valence-electron chi connectivity index (χ3n) is 2.94. The summed E-state index contributed by atoms with van der Waals surface area (Å²) in [5, 5.41) is 8.79. The van der Waals surface area contributed by atoms with Gasteiger partial charge in [0.05, 0.1) is 18.6 Å². The molecule has 16 heavy (non-hydrogen) atoms. The molecule has 1 saturated heterocycles. The predicted molar refractivity (Wildman–Crippen MR) is 60.6 cm³/mol. The van der Waals surface area contributed by atoms with Gasteiger partial charge in [-0.25, -0.2) is 0 Å². The fraction of sp³-hybridized carbons (Fsp3) is 0.909. The van der Waals surface area contributed by atoms with Crippen molar-refractivity contribution in [2.45, 2.75) is 57.5 Å². The van der Waals surface area contributed by atoms with Gasteiger partial charge in [0.25, 0.3) is 0 Å². The van der Waals surface area contributed by atoms with Gasteiger partial charge in [-0.2, -0.15) is 0 Å². The molecule has 1 aliphatic heterocycles. The average molecular weight is 251 g/mol. The molecule has 2 atom stereocenters. The van der Waals surface area contributed by atoms with Gasteiger partial charge in [0.15, 0.2) is 5.79 Å². The van der Waals surface area contributed by atoms with Gasteiger partial charge < -0.3 is 14.6 Å². The van der Waals surface area contributed by atoms with Crippen molar-refractivity contribution in [3.63, 3.8) is 0 Å². The van der Waals surface area contributed by atoms with E-state index in [2.05, 4.69) is 0 Å². The van der Waals surface area contributed by atoms with Crippen LogP contribution in [0.25, 0.3) is 0 Å². The molecule has 0 aromatic rings. The van der Waals surface area contributed by atoms with E-state index in [-0.39, 0.29) is 18.6 Å². The zero-order valence-electron chi connectivity index (χ0n) is 9.74. The van der Waals surface area contributed by atoms with Crippen LogP contribution < -0.4 is 0 Å². The number of aliphatic carboxylic acids is 1. The minimum Gasteiger partial charge on any atom is -0.481 e. The highest BCUT2D eigenvalue weighted by Crippen LogP contribution is 2.34. The number of carboxylic acid groups (broad SMARTS) is 1. The van der Waals surface area contributed by atoms with Crippen molar-refractivity contribution < 1.29 is 19.4 Å². The van der Waals surface area contributed by atoms with E-state index in [1.165, 1.54) is 0 Å². The van der Waals surface area contributed by atoms with Gasteiger partial charge in [0.1, 0.15) is 0 Å². The lowest BCUT2D eigenvalue weighted by Gasteiger charge is -2.43. The Labute approximate surface area is 101 Å². The molecule has 0 aromatic heterocycles. The minimum atomic E-state index is -0.846. The molecule has 94 valence electrons. The van der Waals surface area contributed by atoms with Gasteiger partial charge in [-0.3, -0.25) is 4.79 Å². The topological polar surface area (TPSA) is 55.8 Å². The Hall–Kier alpha value is -0.320. The molecule has 1 N–H and O–H groups in total. The summed E-state index contributed by atoms with van der Waals surface area (Å²) in [6.45, 7) is 3.94. The Morgan fingerprint density at radius 3 is 2.38 bits per heavy atom. The lowest BCUT2D eigenvalue weighted by molar-refractivity contribution is -0.316. The number of ether oxygens (including phenoxy) is 2. The zero-order chi connectivity index (χ0) is 12.2.